The summed E-state index contributed by atoms with van der Waals surface area (Å²) in [5, 5.41) is 18.8. The van der Waals surface area contributed by atoms with Gasteiger partial charge in [-0.1, -0.05) is 12.2 Å². The Kier molecular flexibility index (Phi) is 2.90. The lowest BCUT2D eigenvalue weighted by Gasteiger charge is -2.13. The van der Waals surface area contributed by atoms with E-state index in [0.717, 1.165) is 5.52 Å². The number of pyridine rings is 1. The number of aromatic amines is 1. The molecule has 2 aromatic rings. The number of fused-ring (bicyclic) bond motifs is 1. The molecule has 0 aromatic carbocycles. The second-order valence-corrected chi connectivity index (χ2v) is 4.72. The van der Waals surface area contributed by atoms with Crippen LogP contribution in [0, 0.1) is 4.64 Å². The van der Waals surface area contributed by atoms with E-state index in [1.165, 1.54) is 0 Å². The van der Waals surface area contributed by atoms with Crippen LogP contribution in [0.5, 0.6) is 0 Å². The molecule has 0 saturated carbocycles. The molecule has 0 radical (unpaired) electrons. The third-order valence-corrected chi connectivity index (χ3v) is 3.51. The number of nitrogens with one attached hydrogen (secondary N) is 1. The topological polar surface area (TPSA) is 83.3 Å². The van der Waals surface area contributed by atoms with Crippen LogP contribution in [-0.4, -0.2) is 43.6 Å². The molecule has 1 aliphatic rings. The number of aliphatic hydroxyl groups excluding tert-OH is 2. The number of H-pyrrole nitrogens is 1. The molecule has 0 aliphatic carbocycles. The minimum atomic E-state index is -0.657. The molecular weight excluding hydrogens is 254 g/mol. The molecule has 3 heterocycles. The number of rotatable bonds is 2. The van der Waals surface area contributed by atoms with E-state index in [0.29, 0.717) is 16.6 Å². The van der Waals surface area contributed by atoms with Gasteiger partial charge in [-0.2, -0.15) is 0 Å². The summed E-state index contributed by atoms with van der Waals surface area (Å²) in [5.41, 5.74) is 1.56. The SMILES string of the molecule is OC[C@H]1O[C@@H](n2cnc3c(=S)[nH]ccc32)C[C@@H]1O. The van der Waals surface area contributed by atoms with Crippen LogP contribution in [0.4, 0.5) is 0 Å². The summed E-state index contributed by atoms with van der Waals surface area (Å²) in [6, 6.07) is 1.86. The molecule has 2 aromatic heterocycles. The summed E-state index contributed by atoms with van der Waals surface area (Å²) in [5.74, 6) is 0. The maximum atomic E-state index is 9.74. The molecule has 96 valence electrons. The molecule has 1 aliphatic heterocycles. The highest BCUT2D eigenvalue weighted by atomic mass is 32.1. The van der Waals surface area contributed by atoms with Crippen molar-refractivity contribution in [1.29, 1.82) is 0 Å². The van der Waals surface area contributed by atoms with Gasteiger partial charge in [-0.25, -0.2) is 4.98 Å². The summed E-state index contributed by atoms with van der Waals surface area (Å²) in [6.45, 7) is -0.190. The lowest BCUT2D eigenvalue weighted by atomic mass is 10.2. The third kappa shape index (κ3) is 1.76. The summed E-state index contributed by atoms with van der Waals surface area (Å²) < 4.78 is 8.00. The summed E-state index contributed by atoms with van der Waals surface area (Å²) in [6.07, 6.45) is 2.31. The highest BCUT2D eigenvalue weighted by Crippen LogP contribution is 2.30. The lowest BCUT2D eigenvalue weighted by Crippen LogP contribution is -2.24. The second-order valence-electron chi connectivity index (χ2n) is 4.31. The Bertz CT molecular complexity index is 623. The maximum absolute atomic E-state index is 9.74. The third-order valence-electron chi connectivity index (χ3n) is 3.20. The molecule has 0 amide bonds. The van der Waals surface area contributed by atoms with Crippen LogP contribution in [0.3, 0.4) is 0 Å². The van der Waals surface area contributed by atoms with Gasteiger partial charge in [-0.05, 0) is 6.07 Å². The van der Waals surface area contributed by atoms with Gasteiger partial charge in [0.05, 0.1) is 24.6 Å². The van der Waals surface area contributed by atoms with Gasteiger partial charge in [0.2, 0.25) is 0 Å². The molecule has 7 heteroatoms. The predicted octanol–water partition coefficient (Wildman–Crippen LogP) is 0.735. The van der Waals surface area contributed by atoms with Crippen LogP contribution < -0.4 is 0 Å². The molecule has 3 atom stereocenters. The molecule has 1 fully saturated rings. The van der Waals surface area contributed by atoms with Crippen LogP contribution in [0.25, 0.3) is 11.0 Å². The van der Waals surface area contributed by atoms with Crippen molar-refractivity contribution < 1.29 is 14.9 Å². The number of hydrogen-bond acceptors (Lipinski definition) is 5. The molecule has 0 unspecified atom stereocenters. The number of aliphatic hydroxyl groups is 2. The molecule has 0 bridgehead atoms. The van der Waals surface area contributed by atoms with Crippen molar-refractivity contribution in [3.63, 3.8) is 0 Å². The Morgan fingerprint density at radius 1 is 1.61 bits per heavy atom. The first-order valence-corrected chi connectivity index (χ1v) is 6.10. The van der Waals surface area contributed by atoms with Crippen molar-refractivity contribution in [2.75, 3.05) is 6.61 Å². The van der Waals surface area contributed by atoms with E-state index in [9.17, 15) is 5.11 Å². The van der Waals surface area contributed by atoms with Crippen molar-refractivity contribution >= 4 is 23.3 Å². The van der Waals surface area contributed by atoms with E-state index < -0.39 is 12.2 Å². The minimum absolute atomic E-state index is 0.190. The largest absolute Gasteiger partial charge is 0.394 e. The van der Waals surface area contributed by atoms with Crippen molar-refractivity contribution in [1.82, 2.24) is 14.5 Å². The quantitative estimate of drug-likeness (QED) is 0.699. The number of hydrogen-bond donors (Lipinski definition) is 3. The van der Waals surface area contributed by atoms with Gasteiger partial charge >= 0.3 is 0 Å². The van der Waals surface area contributed by atoms with Gasteiger partial charge in [0.25, 0.3) is 0 Å². The standard InChI is InChI=1S/C11H13N3O3S/c15-4-8-7(16)3-9(17-8)14-5-13-10-6(14)1-2-12-11(10)18/h1-2,5,7-9,15-16H,3-4H2,(H,12,18)/t7-,8+,9+/m0/s1. The molecule has 6 nitrogen and oxygen atoms in total. The molecule has 18 heavy (non-hydrogen) atoms. The number of nitrogens with zero attached hydrogens (tertiary/aromatic N) is 2. The van der Waals surface area contributed by atoms with Crippen molar-refractivity contribution in [3.8, 4) is 0 Å². The van der Waals surface area contributed by atoms with Crippen molar-refractivity contribution in [2.45, 2.75) is 24.9 Å². The monoisotopic (exact) mass is 267 g/mol. The Balaban J connectivity index is 2.01. The number of imidazole rings is 1. The zero-order valence-electron chi connectivity index (χ0n) is 9.48. The zero-order valence-corrected chi connectivity index (χ0v) is 10.3. The Labute approximate surface area is 108 Å². The van der Waals surface area contributed by atoms with Crippen LogP contribution >= 0.6 is 12.2 Å². The zero-order chi connectivity index (χ0) is 12.7. The Morgan fingerprint density at radius 2 is 2.44 bits per heavy atom. The van der Waals surface area contributed by atoms with Gasteiger partial charge in [-0.15, -0.1) is 0 Å². The highest BCUT2D eigenvalue weighted by Gasteiger charge is 2.34. The Hall–Kier alpha value is -1.28. The second kappa shape index (κ2) is 4.43. The van der Waals surface area contributed by atoms with E-state index in [2.05, 4.69) is 9.97 Å². The fourth-order valence-electron chi connectivity index (χ4n) is 2.25. The van der Waals surface area contributed by atoms with Crippen molar-refractivity contribution in [2.24, 2.45) is 0 Å². The van der Waals surface area contributed by atoms with E-state index in [4.69, 9.17) is 22.1 Å². The van der Waals surface area contributed by atoms with Crippen LogP contribution in [0.2, 0.25) is 0 Å². The fourth-order valence-corrected chi connectivity index (χ4v) is 2.48. The molecule has 3 rings (SSSR count). The first-order chi connectivity index (χ1) is 8.70. The maximum Gasteiger partial charge on any atom is 0.138 e. The summed E-state index contributed by atoms with van der Waals surface area (Å²) in [4.78, 5) is 7.16. The molecule has 3 N–H and O–H groups in total. The minimum Gasteiger partial charge on any atom is -0.394 e. The average molecular weight is 267 g/mol. The molecule has 0 spiro atoms. The molecular formula is C11H13N3O3S. The van der Waals surface area contributed by atoms with E-state index in [1.54, 1.807) is 12.5 Å². The van der Waals surface area contributed by atoms with Crippen LogP contribution in [0.15, 0.2) is 18.6 Å². The highest BCUT2D eigenvalue weighted by molar-refractivity contribution is 7.71. The summed E-state index contributed by atoms with van der Waals surface area (Å²) >= 11 is 5.15. The van der Waals surface area contributed by atoms with E-state index in [-0.39, 0.29) is 12.8 Å². The predicted molar refractivity (Wildman–Crippen MR) is 66.5 cm³/mol. The van der Waals surface area contributed by atoms with Gasteiger partial charge in [-0.3, -0.25) is 0 Å². The first-order valence-electron chi connectivity index (χ1n) is 5.69. The summed E-state index contributed by atoms with van der Waals surface area (Å²) in [7, 11) is 0. The molecule has 1 saturated heterocycles. The van der Waals surface area contributed by atoms with Gasteiger partial charge in [0.1, 0.15) is 22.5 Å². The first kappa shape index (κ1) is 11.8. The van der Waals surface area contributed by atoms with Crippen LogP contribution in [-0.2, 0) is 4.74 Å². The van der Waals surface area contributed by atoms with Gasteiger partial charge < -0.3 is 24.5 Å². The lowest BCUT2D eigenvalue weighted by molar-refractivity contribution is -0.0430. The van der Waals surface area contributed by atoms with E-state index in [1.807, 2.05) is 10.6 Å². The van der Waals surface area contributed by atoms with Gasteiger partial charge in [0, 0.05) is 12.6 Å². The van der Waals surface area contributed by atoms with Crippen LogP contribution in [0.1, 0.15) is 12.6 Å². The van der Waals surface area contributed by atoms with E-state index >= 15 is 0 Å². The van der Waals surface area contributed by atoms with Crippen molar-refractivity contribution in [3.05, 3.63) is 23.2 Å². The Morgan fingerprint density at radius 3 is 3.17 bits per heavy atom. The number of aromatic nitrogens is 3. The smallest absolute Gasteiger partial charge is 0.138 e. The number of ether oxygens (including phenoxy) is 1. The average Bonchev–Trinajstić information content (AvgIpc) is 2.93. The van der Waals surface area contributed by atoms with Gasteiger partial charge in [0.15, 0.2) is 0 Å². The normalized spacial score (nSPS) is 28.0. The fraction of sp³-hybridized carbons (Fsp3) is 0.455.